The molecule has 3 fully saturated rings. The molecule has 8 nitrogen and oxygen atoms in total. The molecule has 2 aromatic rings. The van der Waals surface area contributed by atoms with Gasteiger partial charge in [-0.2, -0.15) is 0 Å². The summed E-state index contributed by atoms with van der Waals surface area (Å²) in [5, 5.41) is 3.31. The number of piperazine rings is 2. The molecule has 8 heteroatoms. The maximum atomic E-state index is 12.9. The lowest BCUT2D eigenvalue weighted by molar-refractivity contribution is 0.0919. The minimum atomic E-state index is 0.0753. The van der Waals surface area contributed by atoms with Crippen LogP contribution in [-0.2, 0) is 6.42 Å². The van der Waals surface area contributed by atoms with E-state index in [2.05, 4.69) is 49.1 Å². The van der Waals surface area contributed by atoms with E-state index in [9.17, 15) is 4.79 Å². The topological polar surface area (TPSA) is 64.2 Å². The highest BCUT2D eigenvalue weighted by Crippen LogP contribution is 2.33. The van der Waals surface area contributed by atoms with Crippen LogP contribution in [0, 0.1) is 5.92 Å². The molecule has 4 heterocycles. The van der Waals surface area contributed by atoms with Crippen LogP contribution in [0.15, 0.2) is 36.5 Å². The maximum Gasteiger partial charge on any atom is 0.251 e. The predicted octanol–water partition coefficient (Wildman–Crippen LogP) is 3.27. The van der Waals surface area contributed by atoms with E-state index >= 15 is 0 Å². The number of carbonyl (C=O) groups excluding carboxylic acids is 1. The Morgan fingerprint density at radius 1 is 0.923 bits per heavy atom. The molecule has 1 aliphatic carbocycles. The Labute approximate surface area is 233 Å². The summed E-state index contributed by atoms with van der Waals surface area (Å²) in [6, 6.07) is 10.5. The summed E-state index contributed by atoms with van der Waals surface area (Å²) < 4.78 is 5.73. The van der Waals surface area contributed by atoms with Crippen molar-refractivity contribution in [1.82, 2.24) is 20.1 Å². The molecule has 210 valence electrons. The van der Waals surface area contributed by atoms with Crippen LogP contribution >= 0.6 is 0 Å². The number of nitrogens with one attached hydrogen (secondary N) is 1. The van der Waals surface area contributed by atoms with Gasteiger partial charge in [0.2, 0.25) is 0 Å². The smallest absolute Gasteiger partial charge is 0.251 e. The molecule has 1 aromatic heterocycles. The maximum absolute atomic E-state index is 12.9. The molecule has 0 spiro atoms. The fourth-order valence-electron chi connectivity index (χ4n) is 6.67. The molecule has 0 bridgehead atoms. The van der Waals surface area contributed by atoms with Crippen molar-refractivity contribution < 1.29 is 9.53 Å². The summed E-state index contributed by atoms with van der Waals surface area (Å²) in [5.74, 6) is 3.01. The van der Waals surface area contributed by atoms with Crippen molar-refractivity contribution in [3.8, 4) is 5.75 Å². The van der Waals surface area contributed by atoms with Gasteiger partial charge in [0, 0.05) is 87.8 Å². The zero-order chi connectivity index (χ0) is 26.6. The molecule has 1 saturated carbocycles. The van der Waals surface area contributed by atoms with Crippen LogP contribution in [0.25, 0.3) is 0 Å². The highest BCUT2D eigenvalue weighted by Gasteiger charge is 2.26. The number of amides is 1. The van der Waals surface area contributed by atoms with Gasteiger partial charge in [-0.3, -0.25) is 9.69 Å². The lowest BCUT2D eigenvalue weighted by Gasteiger charge is -2.37. The first-order chi connectivity index (χ1) is 19.1. The number of carbonyl (C=O) groups is 1. The van der Waals surface area contributed by atoms with Gasteiger partial charge < -0.3 is 24.8 Å². The molecule has 4 aliphatic rings. The molecule has 0 unspecified atom stereocenters. The van der Waals surface area contributed by atoms with E-state index in [0.717, 1.165) is 101 Å². The van der Waals surface area contributed by atoms with Crippen LogP contribution in [0.1, 0.15) is 48.0 Å². The molecule has 39 heavy (non-hydrogen) atoms. The summed E-state index contributed by atoms with van der Waals surface area (Å²) in [6.45, 7) is 10.5. The van der Waals surface area contributed by atoms with Gasteiger partial charge in [0.1, 0.15) is 11.6 Å². The lowest BCUT2D eigenvalue weighted by Crippen LogP contribution is -2.47. The normalized spacial score (nSPS) is 24.3. The molecular formula is C31H44N6O2. The molecular weight excluding hydrogens is 488 g/mol. The average molecular weight is 533 g/mol. The molecule has 3 aliphatic heterocycles. The average Bonchev–Trinajstić information content (AvgIpc) is 3.47. The monoisotopic (exact) mass is 532 g/mol. The number of fused-ring (bicyclic) bond motifs is 1. The van der Waals surface area contributed by atoms with E-state index in [1.165, 1.54) is 37.1 Å². The Hall–Kier alpha value is -2.84. The number of aromatic nitrogens is 1. The zero-order valence-electron chi connectivity index (χ0n) is 23.5. The lowest BCUT2D eigenvalue weighted by atomic mass is 9.84. The van der Waals surface area contributed by atoms with Gasteiger partial charge in [0.05, 0.1) is 6.61 Å². The van der Waals surface area contributed by atoms with Crippen LogP contribution in [0.5, 0.6) is 5.75 Å². The zero-order valence-corrected chi connectivity index (χ0v) is 23.5. The first-order valence-corrected chi connectivity index (χ1v) is 15.0. The summed E-state index contributed by atoms with van der Waals surface area (Å²) in [7, 11) is 2.17. The molecule has 1 N–H and O–H groups in total. The van der Waals surface area contributed by atoms with Gasteiger partial charge in [0.25, 0.3) is 5.91 Å². The number of benzene rings is 1. The van der Waals surface area contributed by atoms with Crippen molar-refractivity contribution in [3.63, 3.8) is 0 Å². The minimum Gasteiger partial charge on any atom is -0.493 e. The largest absolute Gasteiger partial charge is 0.493 e. The Kier molecular flexibility index (Phi) is 8.21. The molecule has 1 aromatic carbocycles. The third-order valence-corrected chi connectivity index (χ3v) is 9.30. The molecule has 6 rings (SSSR count). The molecule has 2 saturated heterocycles. The second-order valence-corrected chi connectivity index (χ2v) is 11.9. The Bertz CT molecular complexity index is 1100. The van der Waals surface area contributed by atoms with E-state index in [-0.39, 0.29) is 5.91 Å². The first kappa shape index (κ1) is 26.4. The summed E-state index contributed by atoms with van der Waals surface area (Å²) >= 11 is 0. The second-order valence-electron chi connectivity index (χ2n) is 11.9. The van der Waals surface area contributed by atoms with Crippen molar-refractivity contribution in [1.29, 1.82) is 0 Å². The quantitative estimate of drug-likeness (QED) is 0.587. The highest BCUT2D eigenvalue weighted by atomic mass is 16.5. The van der Waals surface area contributed by atoms with E-state index in [0.29, 0.717) is 6.04 Å². The van der Waals surface area contributed by atoms with E-state index in [1.54, 1.807) is 0 Å². The number of hydrogen-bond acceptors (Lipinski definition) is 7. The van der Waals surface area contributed by atoms with Crippen molar-refractivity contribution in [2.75, 3.05) is 82.4 Å². The van der Waals surface area contributed by atoms with Crippen molar-refractivity contribution >= 4 is 17.4 Å². The van der Waals surface area contributed by atoms with Crippen LogP contribution in [0.4, 0.5) is 11.5 Å². The number of likely N-dealkylation sites (N-methyl/N-ethyl adjacent to an activating group) is 1. The summed E-state index contributed by atoms with van der Waals surface area (Å²) in [6.07, 6.45) is 8.75. The van der Waals surface area contributed by atoms with Gasteiger partial charge >= 0.3 is 0 Å². The van der Waals surface area contributed by atoms with Gasteiger partial charge in [0.15, 0.2) is 0 Å². The Morgan fingerprint density at radius 2 is 1.64 bits per heavy atom. The highest BCUT2D eigenvalue weighted by molar-refractivity contribution is 5.94. The van der Waals surface area contributed by atoms with Gasteiger partial charge in [-0.15, -0.1) is 0 Å². The van der Waals surface area contributed by atoms with Gasteiger partial charge in [-0.05, 0) is 81.9 Å². The molecule has 0 radical (unpaired) electrons. The Balaban J connectivity index is 0.894. The molecule has 1 amide bonds. The third-order valence-electron chi connectivity index (χ3n) is 9.30. The van der Waals surface area contributed by atoms with E-state index in [4.69, 9.17) is 4.74 Å². The van der Waals surface area contributed by atoms with Crippen LogP contribution in [0.3, 0.4) is 0 Å². The number of anilines is 2. The van der Waals surface area contributed by atoms with E-state index < -0.39 is 0 Å². The summed E-state index contributed by atoms with van der Waals surface area (Å²) in [5.41, 5.74) is 3.28. The third kappa shape index (κ3) is 6.33. The van der Waals surface area contributed by atoms with Crippen LogP contribution < -0.4 is 19.9 Å². The number of hydrogen-bond donors (Lipinski definition) is 1. The minimum absolute atomic E-state index is 0.0753. The van der Waals surface area contributed by atoms with Crippen molar-refractivity contribution in [2.24, 2.45) is 5.92 Å². The Morgan fingerprint density at radius 3 is 2.38 bits per heavy atom. The van der Waals surface area contributed by atoms with Crippen LogP contribution in [0.2, 0.25) is 0 Å². The van der Waals surface area contributed by atoms with Crippen molar-refractivity contribution in [3.05, 3.63) is 47.7 Å². The standard InChI is InChI=1S/C31H44N6O2/c1-34-15-19-36(20-16-34)27-8-4-25(5-9-27)31(38)33-26-6-2-24(3-7-26)11-14-35-17-21-37(22-18-35)30-28-12-23-39-29(28)10-13-32-30/h4-5,8-10,13,24,26H,2-3,6-7,11-12,14-23H2,1H3,(H,33,38)/t24-,26-. The van der Waals surface area contributed by atoms with Crippen LogP contribution in [-0.4, -0.2) is 99.3 Å². The first-order valence-electron chi connectivity index (χ1n) is 15.0. The number of ether oxygens (including phenoxy) is 1. The fourth-order valence-corrected chi connectivity index (χ4v) is 6.67. The number of pyridine rings is 1. The van der Waals surface area contributed by atoms with E-state index in [1.807, 2.05) is 24.4 Å². The molecule has 0 atom stereocenters. The number of rotatable bonds is 7. The van der Waals surface area contributed by atoms with Gasteiger partial charge in [-0.25, -0.2) is 4.98 Å². The SMILES string of the molecule is CN1CCN(c2ccc(C(=O)N[C@H]3CC[C@H](CCN4CCN(c5nccc6c5CCO6)CC4)CC3)cc2)CC1. The fraction of sp³-hybridized carbons (Fsp3) is 0.613. The number of nitrogens with zero attached hydrogens (tertiary/aromatic N) is 5. The van der Waals surface area contributed by atoms with Crippen molar-refractivity contribution in [2.45, 2.75) is 44.6 Å². The predicted molar refractivity (Wildman–Crippen MR) is 156 cm³/mol. The van der Waals surface area contributed by atoms with Gasteiger partial charge in [-0.1, -0.05) is 0 Å². The second kappa shape index (κ2) is 12.1. The summed E-state index contributed by atoms with van der Waals surface area (Å²) in [4.78, 5) is 27.4.